The van der Waals surface area contributed by atoms with Gasteiger partial charge >= 0.3 is 0 Å². The van der Waals surface area contributed by atoms with Crippen LogP contribution >= 0.6 is 15.9 Å². The van der Waals surface area contributed by atoms with Crippen LogP contribution in [0.1, 0.15) is 46.0 Å². The second kappa shape index (κ2) is 9.01. The van der Waals surface area contributed by atoms with Gasteiger partial charge in [0.2, 0.25) is 0 Å². The van der Waals surface area contributed by atoms with Crippen LogP contribution in [0.15, 0.2) is 0 Å². The lowest BCUT2D eigenvalue weighted by molar-refractivity contribution is 0.329. The summed E-state index contributed by atoms with van der Waals surface area (Å²) in [5.74, 6) is 0. The molecule has 0 aromatic rings. The van der Waals surface area contributed by atoms with Crippen LogP contribution in [0, 0.1) is 0 Å². The van der Waals surface area contributed by atoms with E-state index in [1.165, 1.54) is 38.6 Å². The van der Waals surface area contributed by atoms with Crippen LogP contribution in [0.25, 0.3) is 0 Å². The summed E-state index contributed by atoms with van der Waals surface area (Å²) in [6, 6.07) is 0. The molecule has 0 aliphatic carbocycles. The monoisotopic (exact) mass is 249 g/mol. The smallest absolute Gasteiger partial charge is 0.0244 e. The van der Waals surface area contributed by atoms with Crippen LogP contribution < -0.4 is 0 Å². The normalized spacial score (nSPS) is 13.6. The van der Waals surface area contributed by atoms with Crippen LogP contribution in [0.2, 0.25) is 0 Å². The maximum Gasteiger partial charge on any atom is 0.0244 e. The summed E-state index contributed by atoms with van der Waals surface area (Å²) in [4.78, 5) is 3.03. The van der Waals surface area contributed by atoms with Gasteiger partial charge in [0.1, 0.15) is 0 Å². The van der Waals surface area contributed by atoms with Crippen LogP contribution in [0.5, 0.6) is 0 Å². The van der Waals surface area contributed by atoms with Crippen LogP contribution in [0.4, 0.5) is 0 Å². The van der Waals surface area contributed by atoms with Gasteiger partial charge in [0.15, 0.2) is 0 Å². The van der Waals surface area contributed by atoms with E-state index in [0.717, 1.165) is 6.54 Å². The molecule has 0 saturated carbocycles. The molecule has 2 heteroatoms. The summed E-state index contributed by atoms with van der Waals surface area (Å²) < 4.78 is 0. The van der Waals surface area contributed by atoms with Gasteiger partial charge in [0.25, 0.3) is 0 Å². The topological polar surface area (TPSA) is 3.24 Å². The number of nitrogens with zero attached hydrogens (tertiary/aromatic N) is 1. The lowest BCUT2D eigenvalue weighted by atomic mass is 10.1. The highest BCUT2D eigenvalue weighted by Gasteiger charge is 2.01. The first-order valence-electron chi connectivity index (χ1n) is 5.49. The van der Waals surface area contributed by atoms with Gasteiger partial charge in [-0.25, -0.2) is 0 Å². The fourth-order valence-corrected chi connectivity index (χ4v) is 2.00. The first-order valence-corrected chi connectivity index (χ1v) is 6.41. The zero-order valence-electron chi connectivity index (χ0n) is 9.35. The van der Waals surface area contributed by atoms with E-state index in [9.17, 15) is 0 Å². The number of hydrogen-bond donors (Lipinski definition) is 0. The van der Waals surface area contributed by atoms with Gasteiger partial charge in [-0.1, -0.05) is 55.5 Å². The van der Waals surface area contributed by atoms with E-state index in [4.69, 9.17) is 0 Å². The van der Waals surface area contributed by atoms with Crippen molar-refractivity contribution in [3.8, 4) is 0 Å². The zero-order chi connectivity index (χ0) is 10.1. The molecule has 0 amide bonds. The average Bonchev–Trinajstić information content (AvgIpc) is 2.02. The Morgan fingerprint density at radius 3 is 2.31 bits per heavy atom. The number of unbranched alkanes of at least 4 members (excludes halogenated alkanes) is 4. The molecule has 80 valence electrons. The molecule has 0 aromatic carbocycles. The second-order valence-corrected chi connectivity index (χ2v) is 5.52. The molecule has 0 aliphatic heterocycles. The fourth-order valence-electron chi connectivity index (χ4n) is 1.51. The molecule has 0 spiro atoms. The van der Waals surface area contributed by atoms with Gasteiger partial charge < -0.3 is 4.90 Å². The van der Waals surface area contributed by atoms with Gasteiger partial charge in [-0.3, -0.25) is 0 Å². The van der Waals surface area contributed by atoms with Crippen molar-refractivity contribution in [2.75, 3.05) is 20.1 Å². The van der Waals surface area contributed by atoms with E-state index < -0.39 is 0 Å². The molecule has 0 saturated heterocycles. The Morgan fingerprint density at radius 1 is 1.15 bits per heavy atom. The van der Waals surface area contributed by atoms with Gasteiger partial charge in [-0.2, -0.15) is 0 Å². The van der Waals surface area contributed by atoms with Crippen molar-refractivity contribution in [1.29, 1.82) is 0 Å². The lowest BCUT2D eigenvalue weighted by Gasteiger charge is -2.17. The molecule has 1 unspecified atom stereocenters. The molecular weight excluding hydrogens is 226 g/mol. The fraction of sp³-hybridized carbons (Fsp3) is 1.00. The Morgan fingerprint density at radius 2 is 1.77 bits per heavy atom. The van der Waals surface area contributed by atoms with E-state index in [2.05, 4.69) is 41.7 Å². The van der Waals surface area contributed by atoms with Crippen LogP contribution in [0.3, 0.4) is 0 Å². The van der Waals surface area contributed by atoms with E-state index in [1.54, 1.807) is 0 Å². The third-order valence-corrected chi connectivity index (χ3v) is 2.50. The summed E-state index contributed by atoms with van der Waals surface area (Å²) in [7, 11) is 2.21. The van der Waals surface area contributed by atoms with Crippen molar-refractivity contribution in [2.24, 2.45) is 0 Å². The predicted octanol–water partition coefficient (Wildman–Crippen LogP) is 3.67. The van der Waals surface area contributed by atoms with E-state index >= 15 is 0 Å². The summed E-state index contributed by atoms with van der Waals surface area (Å²) in [5.41, 5.74) is 0. The highest BCUT2D eigenvalue weighted by atomic mass is 79.9. The highest BCUT2D eigenvalue weighted by Crippen LogP contribution is 2.05. The van der Waals surface area contributed by atoms with Crippen LogP contribution in [-0.2, 0) is 0 Å². The Bertz CT molecular complexity index is 104. The molecule has 0 aliphatic rings. The van der Waals surface area contributed by atoms with E-state index in [1.807, 2.05) is 0 Å². The molecule has 0 fully saturated rings. The zero-order valence-corrected chi connectivity index (χ0v) is 10.9. The molecule has 0 radical (unpaired) electrons. The minimum atomic E-state index is 0.619. The number of rotatable bonds is 8. The highest BCUT2D eigenvalue weighted by molar-refractivity contribution is 9.09. The first-order chi connectivity index (χ1) is 6.16. The molecule has 0 N–H and O–H groups in total. The summed E-state index contributed by atoms with van der Waals surface area (Å²) in [6.07, 6.45) is 6.91. The largest absolute Gasteiger partial charge is 0.305 e. The lowest BCUT2D eigenvalue weighted by Crippen LogP contribution is -2.25. The van der Waals surface area contributed by atoms with Gasteiger partial charge in [-0.15, -0.1) is 0 Å². The standard InChI is InChI=1S/C11H24BrN/c1-4-5-6-7-8-9-13(3)10-11(2)12/h11H,4-10H2,1-3H3. The minimum Gasteiger partial charge on any atom is -0.305 e. The summed E-state index contributed by atoms with van der Waals surface area (Å²) in [6.45, 7) is 6.87. The maximum absolute atomic E-state index is 3.57. The predicted molar refractivity (Wildman–Crippen MR) is 64.6 cm³/mol. The second-order valence-electron chi connectivity index (χ2n) is 3.96. The van der Waals surface area contributed by atoms with E-state index in [0.29, 0.717) is 4.83 Å². The van der Waals surface area contributed by atoms with Crippen molar-refractivity contribution in [1.82, 2.24) is 4.90 Å². The summed E-state index contributed by atoms with van der Waals surface area (Å²) >= 11 is 3.57. The molecule has 13 heavy (non-hydrogen) atoms. The molecule has 0 rings (SSSR count). The molecule has 0 aromatic heterocycles. The van der Waals surface area contributed by atoms with Crippen LogP contribution in [-0.4, -0.2) is 29.9 Å². The van der Waals surface area contributed by atoms with Crippen molar-refractivity contribution in [3.05, 3.63) is 0 Å². The number of alkyl halides is 1. The van der Waals surface area contributed by atoms with E-state index in [-0.39, 0.29) is 0 Å². The summed E-state index contributed by atoms with van der Waals surface area (Å²) in [5, 5.41) is 0. The Kier molecular flexibility index (Phi) is 9.32. The van der Waals surface area contributed by atoms with Crippen molar-refractivity contribution in [2.45, 2.75) is 50.8 Å². The van der Waals surface area contributed by atoms with Gasteiger partial charge in [0, 0.05) is 11.4 Å². The SMILES string of the molecule is CCCCCCCN(C)CC(C)Br. The van der Waals surface area contributed by atoms with Crippen molar-refractivity contribution >= 4 is 15.9 Å². The molecule has 1 nitrogen and oxygen atoms in total. The van der Waals surface area contributed by atoms with Gasteiger partial charge in [-0.05, 0) is 20.0 Å². The quantitative estimate of drug-likeness (QED) is 0.469. The third-order valence-electron chi connectivity index (χ3n) is 2.21. The molecule has 1 atom stereocenters. The first kappa shape index (κ1) is 13.4. The third kappa shape index (κ3) is 10.4. The molecule has 0 bridgehead atoms. The Balaban J connectivity index is 3.12. The minimum absolute atomic E-state index is 0.619. The maximum atomic E-state index is 3.57. The van der Waals surface area contributed by atoms with Gasteiger partial charge in [0.05, 0.1) is 0 Å². The Labute approximate surface area is 92.0 Å². The van der Waals surface area contributed by atoms with Crippen molar-refractivity contribution in [3.63, 3.8) is 0 Å². The molecular formula is C11H24BrN. The molecule has 0 heterocycles. The number of halogens is 1. The Hall–Kier alpha value is 0.440. The number of hydrogen-bond acceptors (Lipinski definition) is 1. The average molecular weight is 250 g/mol. The van der Waals surface area contributed by atoms with Crippen molar-refractivity contribution < 1.29 is 0 Å².